The van der Waals surface area contributed by atoms with Crippen LogP contribution in [-0.2, 0) is 28.6 Å². The van der Waals surface area contributed by atoms with Crippen LogP contribution in [0.25, 0.3) is 0 Å². The van der Waals surface area contributed by atoms with E-state index in [0.717, 1.165) is 64.2 Å². The molecule has 0 aromatic heterocycles. The molecular weight excluding hydrogens is 841 g/mol. The lowest BCUT2D eigenvalue weighted by atomic mass is 10.0. The van der Waals surface area contributed by atoms with Crippen molar-refractivity contribution in [1.82, 2.24) is 0 Å². The van der Waals surface area contributed by atoms with Crippen molar-refractivity contribution in [2.75, 3.05) is 13.2 Å². The van der Waals surface area contributed by atoms with E-state index in [1.165, 1.54) is 244 Å². The Kier molecular flexibility index (Phi) is 56.2. The van der Waals surface area contributed by atoms with Gasteiger partial charge in [0.15, 0.2) is 6.10 Å². The van der Waals surface area contributed by atoms with Gasteiger partial charge in [0.25, 0.3) is 0 Å². The summed E-state index contributed by atoms with van der Waals surface area (Å²) in [5.41, 5.74) is 0. The lowest BCUT2D eigenvalue weighted by Crippen LogP contribution is -2.30. The van der Waals surface area contributed by atoms with Crippen LogP contribution in [0.4, 0.5) is 0 Å². The van der Waals surface area contributed by atoms with Crippen molar-refractivity contribution >= 4 is 17.9 Å². The standard InChI is InChI=1S/C62H118O6/c1-4-7-10-13-16-19-22-25-27-29-31-33-34-37-40-43-46-49-52-55-61(64)67-58-59(57-66-60(63)54-51-48-45-42-39-36-24-21-18-15-12-9-6-3)68-62(65)56-53-50-47-44-41-38-35-32-30-28-26-23-20-17-14-11-8-5-2/h36,39,59H,4-35,37-38,40-58H2,1-3H3/b39-36-. The van der Waals surface area contributed by atoms with Crippen LogP contribution in [0.1, 0.15) is 348 Å². The van der Waals surface area contributed by atoms with Crippen molar-refractivity contribution in [2.24, 2.45) is 0 Å². The van der Waals surface area contributed by atoms with Crippen LogP contribution in [0, 0.1) is 0 Å². The fourth-order valence-corrected chi connectivity index (χ4v) is 9.38. The van der Waals surface area contributed by atoms with Gasteiger partial charge in [-0.1, -0.05) is 296 Å². The molecule has 0 aromatic rings. The Morgan fingerprint density at radius 2 is 0.485 bits per heavy atom. The van der Waals surface area contributed by atoms with E-state index in [4.69, 9.17) is 14.2 Å². The molecule has 1 atom stereocenters. The number of hydrogen-bond acceptors (Lipinski definition) is 6. The zero-order valence-corrected chi connectivity index (χ0v) is 46.2. The summed E-state index contributed by atoms with van der Waals surface area (Å²) >= 11 is 0. The van der Waals surface area contributed by atoms with Gasteiger partial charge in [0, 0.05) is 19.3 Å². The Bertz CT molecular complexity index is 1060. The zero-order valence-electron chi connectivity index (χ0n) is 46.2. The Hall–Kier alpha value is -1.85. The van der Waals surface area contributed by atoms with Gasteiger partial charge in [-0.05, 0) is 44.9 Å². The highest BCUT2D eigenvalue weighted by atomic mass is 16.6. The second-order valence-electron chi connectivity index (χ2n) is 21.0. The largest absolute Gasteiger partial charge is 0.462 e. The molecule has 0 aliphatic carbocycles. The maximum absolute atomic E-state index is 12.9. The molecule has 0 saturated carbocycles. The first-order valence-corrected chi connectivity index (χ1v) is 30.7. The van der Waals surface area contributed by atoms with E-state index in [2.05, 4.69) is 32.9 Å². The maximum atomic E-state index is 12.9. The lowest BCUT2D eigenvalue weighted by Gasteiger charge is -2.18. The Morgan fingerprint density at radius 3 is 0.750 bits per heavy atom. The van der Waals surface area contributed by atoms with Crippen molar-refractivity contribution in [3.63, 3.8) is 0 Å². The Morgan fingerprint density at radius 1 is 0.279 bits per heavy atom. The predicted octanol–water partition coefficient (Wildman–Crippen LogP) is 20.5. The van der Waals surface area contributed by atoms with E-state index in [-0.39, 0.29) is 31.1 Å². The first-order chi connectivity index (χ1) is 33.5. The third-order valence-electron chi connectivity index (χ3n) is 14.0. The predicted molar refractivity (Wildman–Crippen MR) is 293 cm³/mol. The highest BCUT2D eigenvalue weighted by molar-refractivity contribution is 5.71. The highest BCUT2D eigenvalue weighted by Gasteiger charge is 2.19. The van der Waals surface area contributed by atoms with E-state index in [1.54, 1.807) is 0 Å². The van der Waals surface area contributed by atoms with E-state index in [9.17, 15) is 14.4 Å². The molecule has 6 heteroatoms. The quantitative estimate of drug-likeness (QED) is 0.0262. The number of carbonyl (C=O) groups excluding carboxylic acids is 3. The van der Waals surface area contributed by atoms with E-state index in [0.29, 0.717) is 19.3 Å². The molecule has 0 aromatic carbocycles. The van der Waals surface area contributed by atoms with Gasteiger partial charge in [0.2, 0.25) is 0 Å². The molecule has 402 valence electrons. The van der Waals surface area contributed by atoms with Crippen LogP contribution in [0.2, 0.25) is 0 Å². The van der Waals surface area contributed by atoms with Crippen molar-refractivity contribution in [3.05, 3.63) is 12.2 Å². The molecule has 0 heterocycles. The van der Waals surface area contributed by atoms with E-state index < -0.39 is 6.10 Å². The van der Waals surface area contributed by atoms with Gasteiger partial charge >= 0.3 is 17.9 Å². The van der Waals surface area contributed by atoms with Crippen LogP contribution in [0.3, 0.4) is 0 Å². The van der Waals surface area contributed by atoms with Gasteiger partial charge in [0.1, 0.15) is 13.2 Å². The summed E-state index contributed by atoms with van der Waals surface area (Å²) < 4.78 is 16.9. The number of allylic oxidation sites excluding steroid dienone is 2. The summed E-state index contributed by atoms with van der Waals surface area (Å²) in [6.07, 6.45) is 66.4. The highest BCUT2D eigenvalue weighted by Crippen LogP contribution is 2.18. The topological polar surface area (TPSA) is 78.9 Å². The summed E-state index contributed by atoms with van der Waals surface area (Å²) in [6, 6.07) is 0. The third kappa shape index (κ3) is 55.1. The SMILES string of the molecule is CCCCCCCC/C=C\CCCCCC(=O)OCC(COC(=O)CCCCCCCCCCCCCCCCCCCCC)OC(=O)CCCCCCCCCCCCCCCCCCCC. The normalized spacial score (nSPS) is 12.0. The summed E-state index contributed by atoms with van der Waals surface area (Å²) in [5, 5.41) is 0. The molecule has 0 aliphatic heterocycles. The number of hydrogen-bond donors (Lipinski definition) is 0. The molecule has 68 heavy (non-hydrogen) atoms. The van der Waals surface area contributed by atoms with Gasteiger partial charge in [-0.15, -0.1) is 0 Å². The average Bonchev–Trinajstić information content (AvgIpc) is 3.34. The number of rotatable bonds is 57. The van der Waals surface area contributed by atoms with Crippen LogP contribution < -0.4 is 0 Å². The molecule has 0 rings (SSSR count). The molecule has 0 aliphatic rings. The minimum absolute atomic E-state index is 0.0683. The van der Waals surface area contributed by atoms with Crippen molar-refractivity contribution < 1.29 is 28.6 Å². The van der Waals surface area contributed by atoms with Crippen molar-refractivity contribution in [1.29, 1.82) is 0 Å². The van der Waals surface area contributed by atoms with Gasteiger partial charge in [0.05, 0.1) is 0 Å². The van der Waals surface area contributed by atoms with Gasteiger partial charge in [-0.25, -0.2) is 0 Å². The molecule has 6 nitrogen and oxygen atoms in total. The maximum Gasteiger partial charge on any atom is 0.306 e. The van der Waals surface area contributed by atoms with Gasteiger partial charge < -0.3 is 14.2 Å². The number of carbonyl (C=O) groups is 3. The first-order valence-electron chi connectivity index (χ1n) is 30.7. The molecule has 0 spiro atoms. The zero-order chi connectivity index (χ0) is 49.3. The molecule has 0 fully saturated rings. The van der Waals surface area contributed by atoms with E-state index in [1.807, 2.05) is 0 Å². The third-order valence-corrected chi connectivity index (χ3v) is 14.0. The van der Waals surface area contributed by atoms with E-state index >= 15 is 0 Å². The fraction of sp³-hybridized carbons (Fsp3) is 0.919. The van der Waals surface area contributed by atoms with Crippen LogP contribution in [-0.4, -0.2) is 37.2 Å². The second-order valence-corrected chi connectivity index (χ2v) is 21.0. The summed E-state index contributed by atoms with van der Waals surface area (Å²) in [6.45, 7) is 6.69. The second kappa shape index (κ2) is 57.7. The monoisotopic (exact) mass is 959 g/mol. The molecular formula is C62H118O6. The van der Waals surface area contributed by atoms with Crippen LogP contribution in [0.15, 0.2) is 12.2 Å². The number of unbranched alkanes of at least 4 members (excludes halogenated alkanes) is 44. The summed E-state index contributed by atoms with van der Waals surface area (Å²) in [5.74, 6) is -0.857. The summed E-state index contributed by atoms with van der Waals surface area (Å²) in [7, 11) is 0. The van der Waals surface area contributed by atoms with Crippen molar-refractivity contribution in [2.45, 2.75) is 354 Å². The first kappa shape index (κ1) is 66.2. The van der Waals surface area contributed by atoms with Crippen LogP contribution >= 0.6 is 0 Å². The smallest absolute Gasteiger partial charge is 0.306 e. The number of esters is 3. The molecule has 1 unspecified atom stereocenters. The van der Waals surface area contributed by atoms with Gasteiger partial charge in [-0.2, -0.15) is 0 Å². The minimum atomic E-state index is -0.771. The van der Waals surface area contributed by atoms with Crippen molar-refractivity contribution in [3.8, 4) is 0 Å². The lowest BCUT2D eigenvalue weighted by molar-refractivity contribution is -0.167. The molecule has 0 amide bonds. The molecule has 0 radical (unpaired) electrons. The Balaban J connectivity index is 4.28. The Labute approximate surface area is 424 Å². The molecule has 0 saturated heterocycles. The molecule has 0 bridgehead atoms. The fourth-order valence-electron chi connectivity index (χ4n) is 9.38. The summed E-state index contributed by atoms with van der Waals surface area (Å²) in [4.78, 5) is 38.2. The van der Waals surface area contributed by atoms with Crippen LogP contribution in [0.5, 0.6) is 0 Å². The minimum Gasteiger partial charge on any atom is -0.462 e. The average molecular weight is 960 g/mol. The number of ether oxygens (including phenoxy) is 3. The van der Waals surface area contributed by atoms with Gasteiger partial charge in [-0.3, -0.25) is 14.4 Å². The molecule has 0 N–H and O–H groups in total.